The summed E-state index contributed by atoms with van der Waals surface area (Å²) in [5.41, 5.74) is 1.65. The van der Waals surface area contributed by atoms with E-state index in [4.69, 9.17) is 4.74 Å². The molecule has 1 atom stereocenters. The molecule has 168 valence electrons. The van der Waals surface area contributed by atoms with Gasteiger partial charge in [0.25, 0.3) is 5.91 Å². The molecule has 0 aliphatic carbocycles. The monoisotopic (exact) mass is 443 g/mol. The summed E-state index contributed by atoms with van der Waals surface area (Å²) in [6.07, 6.45) is 6.08. The van der Waals surface area contributed by atoms with Crippen LogP contribution in [0.2, 0.25) is 0 Å². The lowest BCUT2D eigenvalue weighted by atomic mass is 10.1. The van der Waals surface area contributed by atoms with E-state index >= 15 is 0 Å². The van der Waals surface area contributed by atoms with Crippen LogP contribution in [0.1, 0.15) is 52.5 Å². The molecule has 8 heteroatoms. The minimum atomic E-state index is -0.0683. The van der Waals surface area contributed by atoms with Gasteiger partial charge < -0.3 is 20.7 Å². The van der Waals surface area contributed by atoms with Crippen molar-refractivity contribution < 1.29 is 9.53 Å². The van der Waals surface area contributed by atoms with Crippen LogP contribution in [0.4, 0.5) is 0 Å². The van der Waals surface area contributed by atoms with Crippen molar-refractivity contribution >= 4 is 23.2 Å². The Balaban J connectivity index is 1.50. The lowest BCUT2D eigenvalue weighted by molar-refractivity contribution is 0.0857. The highest BCUT2D eigenvalue weighted by Gasteiger charge is 2.16. The molecule has 1 aromatic carbocycles. The summed E-state index contributed by atoms with van der Waals surface area (Å²) in [5, 5.41) is 10.8. The minimum absolute atomic E-state index is 0.0683. The summed E-state index contributed by atoms with van der Waals surface area (Å²) in [6.45, 7) is 7.61. The molecule has 1 unspecified atom stereocenters. The van der Waals surface area contributed by atoms with Crippen molar-refractivity contribution in [3.05, 3.63) is 51.5 Å². The van der Waals surface area contributed by atoms with E-state index in [1.54, 1.807) is 11.3 Å². The first-order valence-electron chi connectivity index (χ1n) is 11.1. The van der Waals surface area contributed by atoms with E-state index in [2.05, 4.69) is 32.9 Å². The Bertz CT molecular complexity index is 861. The van der Waals surface area contributed by atoms with Gasteiger partial charge >= 0.3 is 0 Å². The van der Waals surface area contributed by atoms with Gasteiger partial charge in [-0.25, -0.2) is 9.98 Å². The zero-order valence-electron chi connectivity index (χ0n) is 18.4. The topological polar surface area (TPSA) is 87.6 Å². The van der Waals surface area contributed by atoms with Crippen molar-refractivity contribution in [2.75, 3.05) is 26.2 Å². The molecule has 1 saturated heterocycles. The first-order chi connectivity index (χ1) is 15.2. The van der Waals surface area contributed by atoms with Crippen LogP contribution in [0.25, 0.3) is 0 Å². The van der Waals surface area contributed by atoms with Crippen LogP contribution in [-0.4, -0.2) is 49.2 Å². The number of aryl methyl sites for hydroxylation is 1. The largest absolute Gasteiger partial charge is 0.376 e. The van der Waals surface area contributed by atoms with Crippen molar-refractivity contribution in [1.29, 1.82) is 0 Å². The van der Waals surface area contributed by atoms with E-state index in [-0.39, 0.29) is 12.0 Å². The Kier molecular flexibility index (Phi) is 9.30. The van der Waals surface area contributed by atoms with E-state index in [1.807, 2.05) is 37.4 Å². The second kappa shape index (κ2) is 12.4. The molecule has 1 fully saturated rings. The summed E-state index contributed by atoms with van der Waals surface area (Å²) < 4.78 is 5.57. The van der Waals surface area contributed by atoms with E-state index in [9.17, 15) is 4.79 Å². The fourth-order valence-electron chi connectivity index (χ4n) is 3.35. The zero-order valence-corrected chi connectivity index (χ0v) is 19.3. The van der Waals surface area contributed by atoms with Crippen molar-refractivity contribution in [2.24, 2.45) is 4.99 Å². The van der Waals surface area contributed by atoms with Crippen LogP contribution >= 0.6 is 11.3 Å². The van der Waals surface area contributed by atoms with E-state index in [0.717, 1.165) is 61.9 Å². The van der Waals surface area contributed by atoms with Gasteiger partial charge in [0, 0.05) is 49.3 Å². The highest BCUT2D eigenvalue weighted by molar-refractivity contribution is 7.11. The summed E-state index contributed by atoms with van der Waals surface area (Å²) in [6, 6.07) is 7.63. The van der Waals surface area contributed by atoms with Crippen molar-refractivity contribution in [1.82, 2.24) is 20.9 Å². The summed E-state index contributed by atoms with van der Waals surface area (Å²) >= 11 is 1.77. The number of hydrogen-bond donors (Lipinski definition) is 3. The van der Waals surface area contributed by atoms with Gasteiger partial charge in [-0.15, -0.1) is 11.3 Å². The van der Waals surface area contributed by atoms with Crippen LogP contribution in [0.15, 0.2) is 35.5 Å². The van der Waals surface area contributed by atoms with Crippen LogP contribution in [0.3, 0.4) is 0 Å². The smallest absolute Gasteiger partial charge is 0.251 e. The van der Waals surface area contributed by atoms with E-state index in [0.29, 0.717) is 18.7 Å². The van der Waals surface area contributed by atoms with Gasteiger partial charge in [-0.1, -0.05) is 19.1 Å². The van der Waals surface area contributed by atoms with Gasteiger partial charge in [-0.3, -0.25) is 4.79 Å². The number of carbonyl (C=O) groups excluding carboxylic acids is 1. The SMILES string of the molecule is CCNC(=NCc1cccc(C(=O)NCC2CCCO2)c1)NCCc1ncc(CC)s1. The second-order valence-corrected chi connectivity index (χ2v) is 8.69. The van der Waals surface area contributed by atoms with Crippen molar-refractivity contribution in [2.45, 2.75) is 52.2 Å². The first kappa shape index (κ1) is 23.2. The van der Waals surface area contributed by atoms with Gasteiger partial charge in [0.05, 0.1) is 17.7 Å². The fourth-order valence-corrected chi connectivity index (χ4v) is 4.21. The normalized spacial score (nSPS) is 16.3. The number of rotatable bonds is 10. The molecule has 0 radical (unpaired) electrons. The third kappa shape index (κ3) is 7.63. The lowest BCUT2D eigenvalue weighted by Gasteiger charge is -2.12. The molecule has 2 heterocycles. The third-order valence-electron chi connectivity index (χ3n) is 5.05. The lowest BCUT2D eigenvalue weighted by Crippen LogP contribution is -2.38. The van der Waals surface area contributed by atoms with Crippen molar-refractivity contribution in [3.63, 3.8) is 0 Å². The highest BCUT2D eigenvalue weighted by Crippen LogP contribution is 2.13. The molecule has 3 rings (SSSR count). The van der Waals surface area contributed by atoms with E-state index < -0.39 is 0 Å². The maximum absolute atomic E-state index is 12.5. The van der Waals surface area contributed by atoms with Crippen molar-refractivity contribution in [3.8, 4) is 0 Å². The quantitative estimate of drug-likeness (QED) is 0.388. The fraction of sp³-hybridized carbons (Fsp3) is 0.522. The molecule has 1 amide bonds. The van der Waals surface area contributed by atoms with Gasteiger partial charge in [-0.2, -0.15) is 0 Å². The molecule has 0 bridgehead atoms. The number of benzene rings is 1. The number of amides is 1. The van der Waals surface area contributed by atoms with Gasteiger partial charge in [-0.05, 0) is 43.9 Å². The molecular formula is C23H33N5O2S. The number of nitrogens with one attached hydrogen (secondary N) is 3. The number of ether oxygens (including phenoxy) is 1. The first-order valence-corrected chi connectivity index (χ1v) is 11.9. The molecule has 31 heavy (non-hydrogen) atoms. The molecule has 1 aliphatic rings. The predicted molar refractivity (Wildman–Crippen MR) is 126 cm³/mol. The number of carbonyl (C=O) groups is 1. The summed E-state index contributed by atoms with van der Waals surface area (Å²) in [5.74, 6) is 0.698. The number of hydrogen-bond acceptors (Lipinski definition) is 5. The van der Waals surface area contributed by atoms with E-state index in [1.165, 1.54) is 4.88 Å². The average molecular weight is 444 g/mol. The van der Waals surface area contributed by atoms with Crippen LogP contribution < -0.4 is 16.0 Å². The number of guanidine groups is 1. The molecule has 0 spiro atoms. The maximum atomic E-state index is 12.5. The number of aromatic nitrogens is 1. The Labute approximate surface area is 188 Å². The third-order valence-corrected chi connectivity index (χ3v) is 6.25. The molecule has 7 nitrogen and oxygen atoms in total. The predicted octanol–water partition coefficient (Wildman–Crippen LogP) is 2.91. The summed E-state index contributed by atoms with van der Waals surface area (Å²) in [7, 11) is 0. The molecular weight excluding hydrogens is 410 g/mol. The Morgan fingerprint density at radius 1 is 1.29 bits per heavy atom. The molecule has 3 N–H and O–H groups in total. The summed E-state index contributed by atoms with van der Waals surface area (Å²) in [4.78, 5) is 22.9. The molecule has 2 aromatic rings. The van der Waals surface area contributed by atoms with Gasteiger partial charge in [0.2, 0.25) is 0 Å². The van der Waals surface area contributed by atoms with Crippen LogP contribution in [-0.2, 0) is 24.1 Å². The molecule has 0 saturated carbocycles. The Morgan fingerprint density at radius 3 is 2.94 bits per heavy atom. The highest BCUT2D eigenvalue weighted by atomic mass is 32.1. The van der Waals surface area contributed by atoms with Crippen LogP contribution in [0.5, 0.6) is 0 Å². The second-order valence-electron chi connectivity index (χ2n) is 7.49. The van der Waals surface area contributed by atoms with Gasteiger partial charge in [0.1, 0.15) is 0 Å². The number of thiazole rings is 1. The average Bonchev–Trinajstić information content (AvgIpc) is 3.48. The molecule has 1 aromatic heterocycles. The minimum Gasteiger partial charge on any atom is -0.376 e. The zero-order chi connectivity index (χ0) is 21.9. The number of aliphatic imine (C=N–C) groups is 1. The molecule has 1 aliphatic heterocycles. The Morgan fingerprint density at radius 2 is 2.19 bits per heavy atom. The Hall–Kier alpha value is -2.45. The maximum Gasteiger partial charge on any atom is 0.251 e. The standard InChI is InChI=1S/C23H33N5O2S/c1-3-20-16-26-21(31-20)10-11-25-23(24-4-2)28-14-17-7-5-8-18(13-17)22(29)27-15-19-9-6-12-30-19/h5,7-8,13,16,19H,3-4,6,9-12,14-15H2,1-2H3,(H,27,29)(H2,24,25,28). The number of nitrogens with zero attached hydrogens (tertiary/aromatic N) is 2. The van der Waals surface area contributed by atoms with Gasteiger partial charge in [0.15, 0.2) is 5.96 Å². The van der Waals surface area contributed by atoms with Crippen LogP contribution in [0, 0.1) is 0 Å².